The normalized spacial score (nSPS) is 14.9. The molecule has 0 radical (unpaired) electrons. The number of carbonyl (C=O) groups excluding carboxylic acids is 3. The third-order valence-corrected chi connectivity index (χ3v) is 5.86. The molecule has 2 amide bonds. The third kappa shape index (κ3) is 5.57. The molecule has 0 unspecified atom stereocenters. The molecule has 11 nitrogen and oxygen atoms in total. The van der Waals surface area contributed by atoms with Gasteiger partial charge in [-0.15, -0.1) is 10.2 Å². The molecule has 0 fully saturated rings. The monoisotopic (exact) mass is 528 g/mol. The van der Waals surface area contributed by atoms with Gasteiger partial charge in [0.05, 0.1) is 23.4 Å². The summed E-state index contributed by atoms with van der Waals surface area (Å²) in [5.41, 5.74) is 1.84. The molecule has 5 rings (SSSR count). The molecule has 1 atom stereocenters. The Morgan fingerprint density at radius 1 is 0.872 bits per heavy atom. The van der Waals surface area contributed by atoms with Gasteiger partial charge in [0.15, 0.2) is 0 Å². The van der Waals surface area contributed by atoms with E-state index in [-0.39, 0.29) is 30.0 Å². The summed E-state index contributed by atoms with van der Waals surface area (Å²) in [6.07, 6.45) is 0. The Bertz CT molecular complexity index is 1540. The van der Waals surface area contributed by atoms with Crippen LogP contribution in [0.5, 0.6) is 0 Å². The van der Waals surface area contributed by atoms with Crippen LogP contribution in [0.25, 0.3) is 22.9 Å². The second-order valence-corrected chi connectivity index (χ2v) is 8.52. The Morgan fingerprint density at radius 2 is 1.56 bits per heavy atom. The molecule has 0 saturated heterocycles. The summed E-state index contributed by atoms with van der Waals surface area (Å²) in [6, 6.07) is 17.7. The smallest absolute Gasteiger partial charge is 0.338 e. The largest absolute Gasteiger partial charge is 0.464 e. The predicted molar refractivity (Wildman–Crippen MR) is 137 cm³/mol. The van der Waals surface area contributed by atoms with Crippen molar-refractivity contribution in [3.63, 3.8) is 0 Å². The number of rotatable bonds is 8. The van der Waals surface area contributed by atoms with Gasteiger partial charge in [0.25, 0.3) is 0 Å². The number of benzene rings is 2. The number of aryl methyl sites for hydroxylation is 1. The van der Waals surface area contributed by atoms with E-state index in [0.717, 1.165) is 5.56 Å². The lowest BCUT2D eigenvalue weighted by Crippen LogP contribution is -2.47. The van der Waals surface area contributed by atoms with Gasteiger partial charge in [-0.3, -0.25) is 0 Å². The maximum Gasteiger partial charge on any atom is 0.338 e. The number of nitrogens with zero attached hydrogens (tertiary/aromatic N) is 2. The van der Waals surface area contributed by atoms with E-state index >= 15 is 0 Å². The van der Waals surface area contributed by atoms with Crippen molar-refractivity contribution >= 4 is 18.0 Å². The van der Waals surface area contributed by atoms with E-state index < -0.39 is 24.0 Å². The van der Waals surface area contributed by atoms with Gasteiger partial charge < -0.3 is 28.9 Å². The lowest BCUT2D eigenvalue weighted by Gasteiger charge is -2.27. The molecule has 0 saturated carbocycles. The number of ether oxygens (including phenoxy) is 2. The first kappa shape index (κ1) is 25.5. The molecule has 2 aromatic heterocycles. The van der Waals surface area contributed by atoms with Crippen LogP contribution < -0.4 is 10.6 Å². The zero-order chi connectivity index (χ0) is 27.4. The molecule has 1 aliphatic rings. The second-order valence-electron chi connectivity index (χ2n) is 8.52. The lowest BCUT2D eigenvalue weighted by molar-refractivity contribution is -0.139. The van der Waals surface area contributed by atoms with Crippen molar-refractivity contribution in [1.82, 2.24) is 20.8 Å². The molecule has 39 heavy (non-hydrogen) atoms. The molecule has 11 heteroatoms. The van der Waals surface area contributed by atoms with Crippen LogP contribution in [-0.2, 0) is 14.3 Å². The maximum absolute atomic E-state index is 12.8. The summed E-state index contributed by atoms with van der Waals surface area (Å²) in [6.45, 7) is 3.16. The SMILES string of the molecule is CCOC(=O)C1=C(COC(=O)c2ccc(-c3nnc(-c4ccccc4)o3)cc2)NC(=O)N[C@H]1c1ccc(C)o1. The van der Waals surface area contributed by atoms with Crippen LogP contribution in [0.1, 0.15) is 34.8 Å². The minimum atomic E-state index is -0.908. The molecule has 1 aliphatic heterocycles. The van der Waals surface area contributed by atoms with Gasteiger partial charge in [0, 0.05) is 11.1 Å². The Kier molecular flexibility index (Phi) is 7.21. The first-order valence-electron chi connectivity index (χ1n) is 12.1. The molecule has 0 bridgehead atoms. The number of hydrogen-bond acceptors (Lipinski definition) is 9. The van der Waals surface area contributed by atoms with Crippen LogP contribution in [0, 0.1) is 6.92 Å². The molecule has 2 N–H and O–H groups in total. The first-order valence-corrected chi connectivity index (χ1v) is 12.1. The number of carbonyl (C=O) groups is 3. The fourth-order valence-corrected chi connectivity index (χ4v) is 4.01. The first-order chi connectivity index (χ1) is 18.9. The molecule has 0 spiro atoms. The Labute approximate surface area is 222 Å². The number of nitrogens with one attached hydrogen (secondary N) is 2. The fourth-order valence-electron chi connectivity index (χ4n) is 4.01. The number of amides is 2. The number of urea groups is 1. The third-order valence-electron chi connectivity index (χ3n) is 5.86. The minimum absolute atomic E-state index is 0.0829. The molecular formula is C28H24N4O7. The average Bonchev–Trinajstić information content (AvgIpc) is 3.62. The number of hydrogen-bond donors (Lipinski definition) is 2. The van der Waals surface area contributed by atoms with Crippen molar-refractivity contribution < 1.29 is 32.7 Å². The summed E-state index contributed by atoms with van der Waals surface area (Å²) in [5, 5.41) is 13.4. The Balaban J connectivity index is 1.32. The zero-order valence-electron chi connectivity index (χ0n) is 21.1. The van der Waals surface area contributed by atoms with E-state index in [1.807, 2.05) is 30.3 Å². The van der Waals surface area contributed by atoms with Crippen LogP contribution in [0.4, 0.5) is 4.79 Å². The van der Waals surface area contributed by atoms with Gasteiger partial charge in [-0.25, -0.2) is 14.4 Å². The Hall–Kier alpha value is -5.19. The highest BCUT2D eigenvalue weighted by atomic mass is 16.5. The topological polar surface area (TPSA) is 146 Å². The van der Waals surface area contributed by atoms with Gasteiger partial charge in [0.2, 0.25) is 11.8 Å². The average molecular weight is 529 g/mol. The summed E-state index contributed by atoms with van der Waals surface area (Å²) in [5.74, 6) is 0.303. The highest BCUT2D eigenvalue weighted by Crippen LogP contribution is 2.29. The Morgan fingerprint density at radius 3 is 2.21 bits per heavy atom. The van der Waals surface area contributed by atoms with Crippen molar-refractivity contribution in [2.45, 2.75) is 19.9 Å². The highest BCUT2D eigenvalue weighted by molar-refractivity contribution is 5.95. The summed E-state index contributed by atoms with van der Waals surface area (Å²) in [7, 11) is 0. The van der Waals surface area contributed by atoms with Crippen molar-refractivity contribution in [2.24, 2.45) is 0 Å². The highest BCUT2D eigenvalue weighted by Gasteiger charge is 2.36. The van der Waals surface area contributed by atoms with E-state index in [0.29, 0.717) is 28.9 Å². The van der Waals surface area contributed by atoms with E-state index in [1.165, 1.54) is 0 Å². The van der Waals surface area contributed by atoms with E-state index in [2.05, 4.69) is 20.8 Å². The van der Waals surface area contributed by atoms with Crippen molar-refractivity contribution in [2.75, 3.05) is 13.2 Å². The number of aromatic nitrogens is 2. The van der Waals surface area contributed by atoms with E-state index in [9.17, 15) is 14.4 Å². The molecular weight excluding hydrogens is 504 g/mol. The fraction of sp³-hybridized carbons (Fsp3) is 0.179. The second kappa shape index (κ2) is 11.1. The summed E-state index contributed by atoms with van der Waals surface area (Å²) >= 11 is 0. The van der Waals surface area contributed by atoms with Crippen LogP contribution in [0.15, 0.2) is 86.8 Å². The predicted octanol–water partition coefficient (Wildman–Crippen LogP) is 4.33. The molecule has 2 aromatic carbocycles. The number of furan rings is 1. The summed E-state index contributed by atoms with van der Waals surface area (Å²) in [4.78, 5) is 38.0. The van der Waals surface area contributed by atoms with Gasteiger partial charge in [-0.2, -0.15) is 0 Å². The van der Waals surface area contributed by atoms with E-state index in [1.54, 1.807) is 50.2 Å². The van der Waals surface area contributed by atoms with Gasteiger partial charge >= 0.3 is 18.0 Å². The van der Waals surface area contributed by atoms with Crippen molar-refractivity contribution in [3.05, 3.63) is 95.1 Å². The zero-order valence-corrected chi connectivity index (χ0v) is 21.1. The standard InChI is InChI=1S/C28H24N4O7/c1-3-36-27(34)22-20(29-28(35)30-23(22)21-14-9-16(2)38-21)15-37-26(33)19-12-10-18(11-13-19)25-32-31-24(39-25)17-7-5-4-6-8-17/h4-14,23H,3,15H2,1-2H3,(H2,29,30,35)/t23-/m0/s1. The van der Waals surface area contributed by atoms with E-state index in [4.69, 9.17) is 18.3 Å². The minimum Gasteiger partial charge on any atom is -0.464 e. The maximum atomic E-state index is 12.8. The molecule has 198 valence electrons. The van der Waals surface area contributed by atoms with Gasteiger partial charge in [-0.1, -0.05) is 18.2 Å². The van der Waals surface area contributed by atoms with Crippen LogP contribution in [0.3, 0.4) is 0 Å². The van der Waals surface area contributed by atoms with Crippen LogP contribution in [0.2, 0.25) is 0 Å². The van der Waals surface area contributed by atoms with Crippen LogP contribution >= 0.6 is 0 Å². The van der Waals surface area contributed by atoms with Gasteiger partial charge in [-0.05, 0) is 62.4 Å². The molecule has 0 aliphatic carbocycles. The number of esters is 2. The van der Waals surface area contributed by atoms with Crippen molar-refractivity contribution in [3.8, 4) is 22.9 Å². The van der Waals surface area contributed by atoms with Gasteiger partial charge in [0.1, 0.15) is 24.2 Å². The quantitative estimate of drug-likeness (QED) is 0.319. The summed E-state index contributed by atoms with van der Waals surface area (Å²) < 4.78 is 22.0. The molecule has 3 heterocycles. The van der Waals surface area contributed by atoms with Crippen LogP contribution in [-0.4, -0.2) is 41.4 Å². The lowest BCUT2D eigenvalue weighted by atomic mass is 10.0. The molecule has 4 aromatic rings. The van der Waals surface area contributed by atoms with Crippen molar-refractivity contribution in [1.29, 1.82) is 0 Å².